The quantitative estimate of drug-likeness (QED) is 0.573. The molecule has 0 unspecified atom stereocenters. The van der Waals surface area contributed by atoms with E-state index in [2.05, 4.69) is 9.97 Å². The normalized spacial score (nSPS) is 11.3. The van der Waals surface area contributed by atoms with E-state index >= 15 is 0 Å². The van der Waals surface area contributed by atoms with Crippen LogP contribution in [0, 0.1) is 11.3 Å². The summed E-state index contributed by atoms with van der Waals surface area (Å²) in [6.07, 6.45) is 4.78. The van der Waals surface area contributed by atoms with Gasteiger partial charge >= 0.3 is 0 Å². The van der Waals surface area contributed by atoms with E-state index in [1.165, 1.54) is 6.08 Å². The second-order valence-electron chi connectivity index (χ2n) is 3.18. The molecule has 16 heavy (non-hydrogen) atoms. The Bertz CT molecular complexity index is 618. The number of nitrogens with one attached hydrogen (secondary N) is 1. The van der Waals surface area contributed by atoms with Gasteiger partial charge in [0, 0.05) is 23.3 Å². The highest BCUT2D eigenvalue weighted by Gasteiger charge is 2.06. The monoisotopic (exact) mass is 212 g/mol. The van der Waals surface area contributed by atoms with Gasteiger partial charge in [-0.05, 0) is 18.2 Å². The van der Waals surface area contributed by atoms with Crippen LogP contribution >= 0.6 is 0 Å². The minimum atomic E-state index is -0.735. The van der Waals surface area contributed by atoms with Crippen molar-refractivity contribution < 1.29 is 4.79 Å². The summed E-state index contributed by atoms with van der Waals surface area (Å²) < 4.78 is 0. The number of nitriles is 1. The first-order valence-corrected chi connectivity index (χ1v) is 4.56. The zero-order valence-electron chi connectivity index (χ0n) is 8.27. The van der Waals surface area contributed by atoms with Crippen molar-refractivity contribution in [2.24, 2.45) is 5.73 Å². The molecule has 2 aromatic heterocycles. The van der Waals surface area contributed by atoms with E-state index in [4.69, 9.17) is 11.0 Å². The minimum Gasteiger partial charge on any atom is -0.365 e. The molecule has 0 saturated carbocycles. The van der Waals surface area contributed by atoms with Crippen LogP contribution in [0.3, 0.4) is 0 Å². The zero-order valence-corrected chi connectivity index (χ0v) is 8.27. The lowest BCUT2D eigenvalue weighted by atomic mass is 10.1. The first-order chi connectivity index (χ1) is 7.72. The molecule has 2 aromatic rings. The highest BCUT2D eigenvalue weighted by Crippen LogP contribution is 2.18. The van der Waals surface area contributed by atoms with E-state index in [0.29, 0.717) is 5.65 Å². The number of nitrogens with two attached hydrogens (primary N) is 1. The summed E-state index contributed by atoms with van der Waals surface area (Å²) in [5, 5.41) is 9.57. The van der Waals surface area contributed by atoms with Gasteiger partial charge in [0.25, 0.3) is 5.91 Å². The molecule has 0 aliphatic carbocycles. The van der Waals surface area contributed by atoms with Crippen molar-refractivity contribution in [3.05, 3.63) is 35.7 Å². The lowest BCUT2D eigenvalue weighted by Gasteiger charge is -1.92. The Morgan fingerprint density at radius 2 is 2.44 bits per heavy atom. The van der Waals surface area contributed by atoms with E-state index in [0.717, 1.165) is 10.9 Å². The Hall–Kier alpha value is -2.61. The van der Waals surface area contributed by atoms with Gasteiger partial charge in [0.2, 0.25) is 0 Å². The smallest absolute Gasteiger partial charge is 0.259 e. The first-order valence-electron chi connectivity index (χ1n) is 4.56. The largest absolute Gasteiger partial charge is 0.365 e. The standard InChI is InChI=1S/C11H8N4O/c12-5-7(10(13)16)4-8-6-15-11-9(8)2-1-3-14-11/h1-4,6H,(H2,13,16)(H,14,15)/b7-4+. The molecular weight excluding hydrogens is 204 g/mol. The number of hydrogen-bond donors (Lipinski definition) is 2. The summed E-state index contributed by atoms with van der Waals surface area (Å²) >= 11 is 0. The summed E-state index contributed by atoms with van der Waals surface area (Å²) in [6, 6.07) is 5.39. The Morgan fingerprint density at radius 3 is 3.12 bits per heavy atom. The number of H-pyrrole nitrogens is 1. The van der Waals surface area contributed by atoms with Crippen LogP contribution < -0.4 is 5.73 Å². The maximum Gasteiger partial charge on any atom is 0.259 e. The molecule has 0 aliphatic rings. The second-order valence-corrected chi connectivity index (χ2v) is 3.18. The predicted octanol–water partition coefficient (Wildman–Crippen LogP) is 0.955. The molecule has 3 N–H and O–H groups in total. The Kier molecular flexibility index (Phi) is 2.40. The van der Waals surface area contributed by atoms with E-state index < -0.39 is 5.91 Å². The van der Waals surface area contributed by atoms with Crippen molar-refractivity contribution in [3.8, 4) is 6.07 Å². The van der Waals surface area contributed by atoms with E-state index in [1.54, 1.807) is 24.5 Å². The predicted molar refractivity (Wildman–Crippen MR) is 58.9 cm³/mol. The van der Waals surface area contributed by atoms with Gasteiger partial charge in [0.05, 0.1) is 0 Å². The lowest BCUT2D eigenvalue weighted by Crippen LogP contribution is -2.12. The van der Waals surface area contributed by atoms with Crippen LogP contribution in [0.25, 0.3) is 17.1 Å². The molecular formula is C11H8N4O. The van der Waals surface area contributed by atoms with Crippen molar-refractivity contribution in [2.75, 3.05) is 0 Å². The molecule has 5 nitrogen and oxygen atoms in total. The molecule has 0 spiro atoms. The summed E-state index contributed by atoms with van der Waals surface area (Å²) in [5.74, 6) is -0.735. The fourth-order valence-electron chi connectivity index (χ4n) is 1.41. The Morgan fingerprint density at radius 1 is 1.62 bits per heavy atom. The number of rotatable bonds is 2. The zero-order chi connectivity index (χ0) is 11.5. The molecule has 1 amide bonds. The van der Waals surface area contributed by atoms with Crippen molar-refractivity contribution in [3.63, 3.8) is 0 Å². The molecule has 0 aliphatic heterocycles. The molecule has 0 fully saturated rings. The summed E-state index contributed by atoms with van der Waals surface area (Å²) in [4.78, 5) is 17.9. The molecule has 0 saturated heterocycles. The van der Waals surface area contributed by atoms with Crippen molar-refractivity contribution in [1.29, 1.82) is 5.26 Å². The molecule has 2 heterocycles. The topological polar surface area (TPSA) is 95.6 Å². The molecule has 2 rings (SSSR count). The second kappa shape index (κ2) is 3.87. The van der Waals surface area contributed by atoms with E-state index in [9.17, 15) is 4.79 Å². The number of amides is 1. The lowest BCUT2D eigenvalue weighted by molar-refractivity contribution is -0.114. The third-order valence-electron chi connectivity index (χ3n) is 2.17. The fourth-order valence-corrected chi connectivity index (χ4v) is 1.41. The van der Waals surface area contributed by atoms with Gasteiger partial charge in [0.15, 0.2) is 0 Å². The number of primary amides is 1. The number of aromatic amines is 1. The first kappa shape index (κ1) is 9.93. The summed E-state index contributed by atoms with van der Waals surface area (Å²) in [7, 11) is 0. The van der Waals surface area contributed by atoms with Crippen LogP contribution in [0.2, 0.25) is 0 Å². The summed E-state index contributed by atoms with van der Waals surface area (Å²) in [6.45, 7) is 0. The maximum atomic E-state index is 10.9. The van der Waals surface area contributed by atoms with Crippen LogP contribution in [0.15, 0.2) is 30.1 Å². The molecule has 0 radical (unpaired) electrons. The molecule has 0 atom stereocenters. The number of nitrogens with zero attached hydrogens (tertiary/aromatic N) is 2. The van der Waals surface area contributed by atoms with Crippen molar-refractivity contribution in [1.82, 2.24) is 9.97 Å². The highest BCUT2D eigenvalue weighted by molar-refractivity contribution is 6.02. The molecule has 0 bridgehead atoms. The van der Waals surface area contributed by atoms with Gasteiger partial charge in [0.1, 0.15) is 17.3 Å². The molecule has 5 heteroatoms. The van der Waals surface area contributed by atoms with Crippen LogP contribution in [-0.2, 0) is 4.79 Å². The number of carbonyl (C=O) groups excluding carboxylic acids is 1. The van der Waals surface area contributed by atoms with Crippen LogP contribution in [-0.4, -0.2) is 15.9 Å². The number of hydrogen-bond acceptors (Lipinski definition) is 3. The van der Waals surface area contributed by atoms with Crippen LogP contribution in [0.5, 0.6) is 0 Å². The number of fused-ring (bicyclic) bond motifs is 1. The number of pyridine rings is 1. The van der Waals surface area contributed by atoms with Gasteiger partial charge in [-0.1, -0.05) is 0 Å². The van der Waals surface area contributed by atoms with Crippen LogP contribution in [0.1, 0.15) is 5.56 Å². The summed E-state index contributed by atoms with van der Waals surface area (Å²) in [5.41, 5.74) is 6.40. The SMILES string of the molecule is N#C/C(=C\c1c[nH]c2ncccc12)C(N)=O. The van der Waals surface area contributed by atoms with Gasteiger partial charge < -0.3 is 10.7 Å². The third kappa shape index (κ3) is 1.64. The van der Waals surface area contributed by atoms with E-state index in [1.807, 2.05) is 6.07 Å². The van der Waals surface area contributed by atoms with Gasteiger partial charge in [-0.2, -0.15) is 5.26 Å². The Balaban J connectivity index is 2.57. The third-order valence-corrected chi connectivity index (χ3v) is 2.17. The number of aromatic nitrogens is 2. The van der Waals surface area contributed by atoms with Crippen LogP contribution in [0.4, 0.5) is 0 Å². The van der Waals surface area contributed by atoms with Crippen molar-refractivity contribution in [2.45, 2.75) is 0 Å². The molecule has 78 valence electrons. The number of carbonyl (C=O) groups is 1. The Labute approximate surface area is 91.2 Å². The average Bonchev–Trinajstić information content (AvgIpc) is 2.69. The highest BCUT2D eigenvalue weighted by atomic mass is 16.1. The molecule has 0 aromatic carbocycles. The van der Waals surface area contributed by atoms with Gasteiger partial charge in [-0.3, -0.25) is 4.79 Å². The average molecular weight is 212 g/mol. The van der Waals surface area contributed by atoms with E-state index in [-0.39, 0.29) is 5.57 Å². The van der Waals surface area contributed by atoms with Crippen molar-refractivity contribution >= 4 is 23.0 Å². The fraction of sp³-hybridized carbons (Fsp3) is 0. The van der Waals surface area contributed by atoms with Gasteiger partial charge in [-0.15, -0.1) is 0 Å². The minimum absolute atomic E-state index is 0.0789. The van der Waals surface area contributed by atoms with Gasteiger partial charge in [-0.25, -0.2) is 4.98 Å². The maximum absolute atomic E-state index is 10.9.